The molecule has 0 atom stereocenters. The summed E-state index contributed by atoms with van der Waals surface area (Å²) in [6.45, 7) is 1.47. The molecular formula is C12H13N5O. The summed E-state index contributed by atoms with van der Waals surface area (Å²) >= 11 is 0. The van der Waals surface area contributed by atoms with Crippen LogP contribution < -0.4 is 10.6 Å². The molecule has 0 spiro atoms. The van der Waals surface area contributed by atoms with Gasteiger partial charge in [0.2, 0.25) is 5.95 Å². The summed E-state index contributed by atoms with van der Waals surface area (Å²) in [5, 5.41) is 5.67. The van der Waals surface area contributed by atoms with Crippen LogP contribution in [0.3, 0.4) is 0 Å². The summed E-state index contributed by atoms with van der Waals surface area (Å²) in [6, 6.07) is 7.62. The quantitative estimate of drug-likeness (QED) is 0.732. The average Bonchev–Trinajstić information content (AvgIpc) is 2.82. The van der Waals surface area contributed by atoms with Gasteiger partial charge in [0, 0.05) is 13.1 Å². The molecule has 0 radical (unpaired) electrons. The van der Waals surface area contributed by atoms with Crippen LogP contribution in [0.4, 0.5) is 5.95 Å². The molecule has 3 N–H and O–H groups in total. The van der Waals surface area contributed by atoms with E-state index in [2.05, 4.69) is 25.6 Å². The van der Waals surface area contributed by atoms with E-state index in [9.17, 15) is 4.79 Å². The lowest BCUT2D eigenvalue weighted by Crippen LogP contribution is -2.39. The van der Waals surface area contributed by atoms with E-state index in [0.717, 1.165) is 24.0 Å². The smallest absolute Gasteiger partial charge is 0.293 e. The van der Waals surface area contributed by atoms with Crippen LogP contribution >= 0.6 is 0 Å². The molecule has 0 fully saturated rings. The van der Waals surface area contributed by atoms with Gasteiger partial charge in [-0.25, -0.2) is 4.98 Å². The number of H-pyrrole nitrogens is 1. The number of imidazole rings is 1. The van der Waals surface area contributed by atoms with Crippen molar-refractivity contribution < 1.29 is 4.79 Å². The predicted octanol–water partition coefficient (Wildman–Crippen LogP) is 0.893. The molecule has 2 aromatic rings. The Hall–Kier alpha value is -2.37. The van der Waals surface area contributed by atoms with Gasteiger partial charge in [-0.1, -0.05) is 12.1 Å². The maximum absolute atomic E-state index is 11.9. The van der Waals surface area contributed by atoms with Gasteiger partial charge in [-0.05, 0) is 18.6 Å². The summed E-state index contributed by atoms with van der Waals surface area (Å²) in [5.41, 5.74) is 1.72. The average molecular weight is 243 g/mol. The second-order valence-corrected chi connectivity index (χ2v) is 4.07. The van der Waals surface area contributed by atoms with E-state index in [0.29, 0.717) is 18.3 Å². The van der Waals surface area contributed by atoms with Gasteiger partial charge in [0.15, 0.2) is 5.84 Å². The first-order valence-electron chi connectivity index (χ1n) is 5.87. The van der Waals surface area contributed by atoms with Crippen LogP contribution in [-0.4, -0.2) is 34.8 Å². The summed E-state index contributed by atoms with van der Waals surface area (Å²) in [7, 11) is 0. The van der Waals surface area contributed by atoms with Crippen LogP contribution in [-0.2, 0) is 4.79 Å². The fourth-order valence-corrected chi connectivity index (χ4v) is 1.86. The van der Waals surface area contributed by atoms with E-state index in [1.165, 1.54) is 0 Å². The van der Waals surface area contributed by atoms with Gasteiger partial charge in [-0.2, -0.15) is 0 Å². The standard InChI is InChI=1S/C12H13N5O/c18-11(10-13-6-3-7-14-10)17-12-15-8-4-1-2-5-9(8)16-12/h1-2,4-5H,3,6-7H2,(H,13,14)(H2,15,16,17,18). The van der Waals surface area contributed by atoms with Crippen LogP contribution in [0.1, 0.15) is 6.42 Å². The number of aliphatic imine (C=N–C) groups is 1. The van der Waals surface area contributed by atoms with Crippen LogP contribution in [0.5, 0.6) is 0 Å². The summed E-state index contributed by atoms with van der Waals surface area (Å²) in [5.74, 6) is 0.562. The molecule has 1 aromatic heterocycles. The zero-order valence-corrected chi connectivity index (χ0v) is 9.73. The van der Waals surface area contributed by atoms with E-state index < -0.39 is 0 Å². The highest BCUT2D eigenvalue weighted by atomic mass is 16.2. The van der Waals surface area contributed by atoms with Crippen molar-refractivity contribution in [2.24, 2.45) is 4.99 Å². The Morgan fingerprint density at radius 3 is 3.00 bits per heavy atom. The Morgan fingerprint density at radius 1 is 1.33 bits per heavy atom. The molecule has 3 rings (SSSR count). The Bertz CT molecular complexity index is 583. The third kappa shape index (κ3) is 2.04. The Labute approximate surface area is 104 Å². The molecule has 1 aliphatic heterocycles. The lowest BCUT2D eigenvalue weighted by molar-refractivity contribution is -0.110. The van der Waals surface area contributed by atoms with E-state index in [1.807, 2.05) is 24.3 Å². The van der Waals surface area contributed by atoms with Crippen molar-refractivity contribution in [3.63, 3.8) is 0 Å². The van der Waals surface area contributed by atoms with Crippen molar-refractivity contribution in [3.8, 4) is 0 Å². The molecule has 6 nitrogen and oxygen atoms in total. The summed E-state index contributed by atoms with van der Waals surface area (Å²) in [6.07, 6.45) is 0.960. The molecule has 0 saturated heterocycles. The van der Waals surface area contributed by atoms with Crippen LogP contribution in [0.15, 0.2) is 29.3 Å². The lowest BCUT2D eigenvalue weighted by atomic mass is 10.3. The van der Waals surface area contributed by atoms with Crippen LogP contribution in [0, 0.1) is 0 Å². The summed E-state index contributed by atoms with van der Waals surface area (Å²) < 4.78 is 0. The van der Waals surface area contributed by atoms with Crippen molar-refractivity contribution in [3.05, 3.63) is 24.3 Å². The third-order valence-corrected chi connectivity index (χ3v) is 2.73. The number of fused-ring (bicyclic) bond motifs is 1. The Kier molecular flexibility index (Phi) is 2.68. The summed E-state index contributed by atoms with van der Waals surface area (Å²) in [4.78, 5) is 23.3. The molecule has 0 unspecified atom stereocenters. The minimum absolute atomic E-state index is 0.256. The normalized spacial score (nSPS) is 15.0. The highest BCUT2D eigenvalue weighted by molar-refractivity contribution is 6.42. The van der Waals surface area contributed by atoms with E-state index in [1.54, 1.807) is 0 Å². The zero-order valence-electron chi connectivity index (χ0n) is 9.73. The largest absolute Gasteiger partial charge is 0.366 e. The minimum atomic E-state index is -0.256. The van der Waals surface area contributed by atoms with Crippen molar-refractivity contribution in [1.29, 1.82) is 0 Å². The molecule has 6 heteroatoms. The van der Waals surface area contributed by atoms with E-state index in [4.69, 9.17) is 0 Å². The van der Waals surface area contributed by atoms with Crippen molar-refractivity contribution in [2.75, 3.05) is 18.4 Å². The SMILES string of the molecule is O=C(Nc1nc2ccccc2[nH]1)C1=NCCCN1. The Morgan fingerprint density at radius 2 is 2.22 bits per heavy atom. The number of aromatic nitrogens is 2. The maximum atomic E-state index is 11.9. The minimum Gasteiger partial charge on any atom is -0.366 e. The first-order valence-corrected chi connectivity index (χ1v) is 5.87. The van der Waals surface area contributed by atoms with Crippen LogP contribution in [0.2, 0.25) is 0 Å². The third-order valence-electron chi connectivity index (χ3n) is 2.73. The highest BCUT2D eigenvalue weighted by Gasteiger charge is 2.15. The van der Waals surface area contributed by atoms with Gasteiger partial charge in [-0.3, -0.25) is 15.1 Å². The fraction of sp³-hybridized carbons (Fsp3) is 0.250. The molecular weight excluding hydrogens is 230 g/mol. The number of hydrogen-bond acceptors (Lipinski definition) is 4. The molecule has 1 amide bonds. The number of nitrogens with zero attached hydrogens (tertiary/aromatic N) is 2. The van der Waals surface area contributed by atoms with Crippen molar-refractivity contribution in [2.45, 2.75) is 6.42 Å². The number of carbonyl (C=O) groups excluding carboxylic acids is 1. The van der Waals surface area contributed by atoms with E-state index in [-0.39, 0.29) is 5.91 Å². The lowest BCUT2D eigenvalue weighted by Gasteiger charge is -2.12. The number of para-hydroxylation sites is 2. The second kappa shape index (κ2) is 4.48. The number of nitrogens with one attached hydrogen (secondary N) is 3. The molecule has 1 aromatic carbocycles. The Balaban J connectivity index is 1.79. The molecule has 0 aliphatic carbocycles. The monoisotopic (exact) mass is 243 g/mol. The highest BCUT2D eigenvalue weighted by Crippen LogP contribution is 2.13. The number of aromatic amines is 1. The molecule has 1 aliphatic rings. The zero-order chi connectivity index (χ0) is 12.4. The van der Waals surface area contributed by atoms with Crippen molar-refractivity contribution in [1.82, 2.24) is 15.3 Å². The fourth-order valence-electron chi connectivity index (χ4n) is 1.86. The van der Waals surface area contributed by atoms with Gasteiger partial charge in [0.05, 0.1) is 11.0 Å². The van der Waals surface area contributed by atoms with Gasteiger partial charge in [-0.15, -0.1) is 0 Å². The molecule has 18 heavy (non-hydrogen) atoms. The predicted molar refractivity (Wildman–Crippen MR) is 69.6 cm³/mol. The first kappa shape index (κ1) is 10.8. The first-order chi connectivity index (χ1) is 8.83. The maximum Gasteiger partial charge on any atom is 0.293 e. The van der Waals surface area contributed by atoms with Gasteiger partial charge >= 0.3 is 0 Å². The number of anilines is 1. The van der Waals surface area contributed by atoms with Gasteiger partial charge in [0.1, 0.15) is 0 Å². The topological polar surface area (TPSA) is 82.2 Å². The van der Waals surface area contributed by atoms with Crippen LogP contribution in [0.25, 0.3) is 11.0 Å². The number of amides is 1. The number of amidine groups is 1. The van der Waals surface area contributed by atoms with Gasteiger partial charge < -0.3 is 10.3 Å². The number of hydrogen-bond donors (Lipinski definition) is 3. The molecule has 2 heterocycles. The van der Waals surface area contributed by atoms with Crippen molar-refractivity contribution >= 4 is 28.7 Å². The molecule has 0 bridgehead atoms. The molecule has 0 saturated carbocycles. The second-order valence-electron chi connectivity index (χ2n) is 4.07. The number of carbonyl (C=O) groups is 1. The molecule has 92 valence electrons. The number of rotatable bonds is 2. The van der Waals surface area contributed by atoms with E-state index >= 15 is 0 Å². The van der Waals surface area contributed by atoms with Gasteiger partial charge in [0.25, 0.3) is 5.91 Å². The number of benzene rings is 1.